The van der Waals surface area contributed by atoms with Gasteiger partial charge in [-0.05, 0) is 76.3 Å². The van der Waals surface area contributed by atoms with E-state index in [0.29, 0.717) is 30.9 Å². The predicted octanol–water partition coefficient (Wildman–Crippen LogP) is 5.05. The minimum atomic E-state index is -3.36. The monoisotopic (exact) mass is 772 g/mol. The summed E-state index contributed by atoms with van der Waals surface area (Å²) in [6, 6.07) is 14.8. The van der Waals surface area contributed by atoms with Crippen molar-refractivity contribution in [1.82, 2.24) is 25.3 Å². The number of likely N-dealkylation sites (N-methyl/N-ethyl adjacent to an activating group) is 2. The highest BCUT2D eigenvalue weighted by Gasteiger charge is 2.17. The van der Waals surface area contributed by atoms with E-state index in [2.05, 4.69) is 66.8 Å². The number of aromatic amines is 1. The second-order valence-corrected chi connectivity index (χ2v) is 17.4. The Morgan fingerprint density at radius 3 is 2.09 bits per heavy atom. The van der Waals surface area contributed by atoms with E-state index >= 15 is 0 Å². The third-order valence-corrected chi connectivity index (χ3v) is 11.3. The number of ether oxygens (including phenoxy) is 1. The first-order chi connectivity index (χ1) is 25.3. The Morgan fingerprint density at radius 2 is 1.49 bits per heavy atom. The Morgan fingerprint density at radius 1 is 0.868 bits per heavy atom. The molecule has 53 heavy (non-hydrogen) atoms. The molecule has 1 aliphatic heterocycles. The molecule has 0 saturated heterocycles. The van der Waals surface area contributed by atoms with Gasteiger partial charge in [0.1, 0.15) is 0 Å². The summed E-state index contributed by atoms with van der Waals surface area (Å²) >= 11 is 0. The Labute approximate surface area is 317 Å². The molecule has 1 aromatic heterocycles. The van der Waals surface area contributed by atoms with Gasteiger partial charge in [0.25, 0.3) is 0 Å². The van der Waals surface area contributed by atoms with Crippen LogP contribution in [0.25, 0.3) is 11.3 Å². The number of aliphatic imine (C=N–C) groups is 1. The van der Waals surface area contributed by atoms with Crippen molar-refractivity contribution in [2.75, 3.05) is 88.5 Å². The van der Waals surface area contributed by atoms with Crippen LogP contribution in [-0.2, 0) is 31.3 Å². The van der Waals surface area contributed by atoms with Crippen molar-refractivity contribution in [2.24, 2.45) is 10.9 Å². The number of methoxy groups -OCH3 is 1. The van der Waals surface area contributed by atoms with Crippen molar-refractivity contribution in [3.05, 3.63) is 77.5 Å². The van der Waals surface area contributed by atoms with Crippen molar-refractivity contribution in [2.45, 2.75) is 46.6 Å². The second-order valence-electron chi connectivity index (χ2n) is 13.8. The van der Waals surface area contributed by atoms with Crippen LogP contribution in [0.1, 0.15) is 51.2 Å². The Kier molecular flexibility index (Phi) is 18.1. The first-order valence-corrected chi connectivity index (χ1v) is 21.5. The minimum absolute atomic E-state index is 0.0428. The summed E-state index contributed by atoms with van der Waals surface area (Å²) in [5.41, 5.74) is 7.45. The topological polar surface area (TPSA) is 161 Å². The predicted molar refractivity (Wildman–Crippen MR) is 219 cm³/mol. The van der Waals surface area contributed by atoms with E-state index < -0.39 is 20.0 Å². The maximum atomic E-state index is 12.1. The van der Waals surface area contributed by atoms with Gasteiger partial charge in [-0.3, -0.25) is 19.5 Å². The number of unbranched alkanes of at least 4 members (excludes halogenated alkanes) is 1. The molecule has 4 N–H and O–H groups in total. The zero-order valence-electron chi connectivity index (χ0n) is 32.5. The molecule has 0 amide bonds. The molecule has 15 heteroatoms. The summed E-state index contributed by atoms with van der Waals surface area (Å²) in [6.45, 7) is 11.7. The van der Waals surface area contributed by atoms with Gasteiger partial charge in [-0.1, -0.05) is 57.5 Å². The molecule has 2 heterocycles. The van der Waals surface area contributed by atoms with Crippen molar-refractivity contribution >= 4 is 37.1 Å². The maximum absolute atomic E-state index is 12.1. The van der Waals surface area contributed by atoms with Crippen LogP contribution in [0.3, 0.4) is 0 Å². The normalized spacial score (nSPS) is 13.2. The number of hydrogen-bond acceptors (Lipinski definition) is 10. The van der Waals surface area contributed by atoms with Gasteiger partial charge in [0.05, 0.1) is 35.7 Å². The summed E-state index contributed by atoms with van der Waals surface area (Å²) in [5, 5.41) is 10.4. The number of nitrogens with one attached hydrogen (secondary N) is 4. The van der Waals surface area contributed by atoms with Gasteiger partial charge < -0.3 is 19.9 Å². The molecule has 1 aliphatic rings. The molecule has 0 fully saturated rings. The van der Waals surface area contributed by atoms with Gasteiger partial charge >= 0.3 is 0 Å². The highest BCUT2D eigenvalue weighted by Crippen LogP contribution is 2.25. The smallest absolute Gasteiger partial charge is 0.232 e. The van der Waals surface area contributed by atoms with Gasteiger partial charge in [-0.2, -0.15) is 5.10 Å². The average Bonchev–Trinajstić information content (AvgIpc) is 3.76. The van der Waals surface area contributed by atoms with E-state index in [1.807, 2.05) is 51.4 Å². The summed E-state index contributed by atoms with van der Waals surface area (Å²) < 4.78 is 58.4. The fraction of sp³-hybridized carbons (Fsp3) is 0.526. The fourth-order valence-corrected chi connectivity index (χ4v) is 8.25. The summed E-state index contributed by atoms with van der Waals surface area (Å²) in [7, 11) is 1.04. The molecule has 13 nitrogen and oxygen atoms in total. The van der Waals surface area contributed by atoms with Crippen LogP contribution >= 0.6 is 0 Å². The summed E-state index contributed by atoms with van der Waals surface area (Å²) in [6.07, 6.45) is 6.83. The lowest BCUT2D eigenvalue weighted by Gasteiger charge is -2.18. The SMILES string of the molecule is CCCCN(C)Cc1cn[nH]c1-c1ccc(NS(=O)(=O)CC(C)C)cc1.CNCCN(C)CC1=CCN=C1c1ccc(NS(=O)(=O)CCCOC)cc1. The Hall–Kier alpha value is -3.60. The van der Waals surface area contributed by atoms with Crippen molar-refractivity contribution in [3.8, 4) is 11.3 Å². The molecule has 0 aliphatic carbocycles. The molecule has 0 saturated carbocycles. The van der Waals surface area contributed by atoms with E-state index in [1.165, 1.54) is 18.4 Å². The zero-order chi connectivity index (χ0) is 38.9. The average molecular weight is 773 g/mol. The minimum Gasteiger partial charge on any atom is -0.385 e. The number of H-pyrrole nitrogens is 1. The van der Waals surface area contributed by atoms with Crippen LogP contribution in [0.2, 0.25) is 0 Å². The molecule has 2 aromatic carbocycles. The second kappa shape index (κ2) is 21.9. The van der Waals surface area contributed by atoms with E-state index in [4.69, 9.17) is 4.74 Å². The molecule has 0 atom stereocenters. The number of aromatic nitrogens is 2. The van der Waals surface area contributed by atoms with Crippen LogP contribution in [0.5, 0.6) is 0 Å². The molecule has 0 spiro atoms. The molecular weight excluding hydrogens is 713 g/mol. The van der Waals surface area contributed by atoms with E-state index in [-0.39, 0.29) is 17.4 Å². The van der Waals surface area contributed by atoms with E-state index in [9.17, 15) is 16.8 Å². The Balaban J connectivity index is 0.000000286. The number of sulfonamides is 2. The first-order valence-electron chi connectivity index (χ1n) is 18.2. The number of benzene rings is 2. The molecule has 0 bridgehead atoms. The van der Waals surface area contributed by atoms with E-state index in [1.54, 1.807) is 31.4 Å². The van der Waals surface area contributed by atoms with Crippen LogP contribution in [-0.4, -0.2) is 122 Å². The lowest BCUT2D eigenvalue weighted by Crippen LogP contribution is -2.30. The van der Waals surface area contributed by atoms with Gasteiger partial charge in [-0.25, -0.2) is 16.8 Å². The van der Waals surface area contributed by atoms with Crippen molar-refractivity contribution < 1.29 is 21.6 Å². The van der Waals surface area contributed by atoms with Gasteiger partial charge in [0, 0.05) is 68.0 Å². The molecule has 3 aromatic rings. The third-order valence-electron chi connectivity index (χ3n) is 8.32. The van der Waals surface area contributed by atoms with Gasteiger partial charge in [0.15, 0.2) is 0 Å². The third kappa shape index (κ3) is 15.7. The molecule has 294 valence electrons. The zero-order valence-corrected chi connectivity index (χ0v) is 34.1. The number of anilines is 2. The van der Waals surface area contributed by atoms with Crippen LogP contribution in [0.15, 0.2) is 71.4 Å². The highest BCUT2D eigenvalue weighted by molar-refractivity contribution is 7.92. The fourth-order valence-electron chi connectivity index (χ4n) is 5.70. The highest BCUT2D eigenvalue weighted by atomic mass is 32.2. The molecule has 0 unspecified atom stereocenters. The number of hydrogen-bond donors (Lipinski definition) is 4. The van der Waals surface area contributed by atoms with Gasteiger partial charge in [-0.15, -0.1) is 0 Å². The van der Waals surface area contributed by atoms with E-state index in [0.717, 1.165) is 60.8 Å². The lowest BCUT2D eigenvalue weighted by molar-refractivity contribution is 0.199. The summed E-state index contributed by atoms with van der Waals surface area (Å²) in [4.78, 5) is 9.14. The van der Waals surface area contributed by atoms with Crippen LogP contribution in [0.4, 0.5) is 11.4 Å². The molecular formula is C38H60N8O5S2. The van der Waals surface area contributed by atoms with Crippen molar-refractivity contribution in [3.63, 3.8) is 0 Å². The van der Waals surface area contributed by atoms with Gasteiger partial charge in [0.2, 0.25) is 20.0 Å². The standard InChI is InChI=1S/C19H30N4O3S.C19H30N4O2S/c1-20-11-12-23(2)15-17-9-10-21-19(17)16-5-7-18(8-6-16)22-27(24,25)14-4-13-26-3;1-5-6-11-23(4)13-17-12-20-21-19(17)16-7-9-18(10-8-16)22-26(24,25)14-15(2)3/h5-9,20,22H,4,10-15H2,1-3H3;7-10,12,15,22H,5-6,11,13-14H2,1-4H3,(H,20,21). The Bertz CT molecular complexity index is 1810. The van der Waals surface area contributed by atoms with Crippen molar-refractivity contribution in [1.29, 1.82) is 0 Å². The maximum Gasteiger partial charge on any atom is 0.232 e. The molecule has 4 rings (SSSR count). The quantitative estimate of drug-likeness (QED) is 0.103. The van der Waals surface area contributed by atoms with Crippen LogP contribution < -0.4 is 14.8 Å². The summed E-state index contributed by atoms with van der Waals surface area (Å²) in [5.74, 6) is 0.244. The van der Waals surface area contributed by atoms with Crippen LogP contribution in [0, 0.1) is 5.92 Å². The lowest BCUT2D eigenvalue weighted by atomic mass is 10.0. The number of rotatable bonds is 22. The number of nitrogens with zero attached hydrogens (tertiary/aromatic N) is 4. The largest absolute Gasteiger partial charge is 0.385 e. The first kappa shape index (κ1) is 43.8. The molecule has 0 radical (unpaired) electrons.